The molecule has 110 valence electrons. The fourth-order valence-corrected chi connectivity index (χ4v) is 1.83. The quantitative estimate of drug-likeness (QED) is 0.507. The van der Waals surface area contributed by atoms with E-state index < -0.39 is 0 Å². The van der Waals surface area contributed by atoms with Crippen molar-refractivity contribution in [1.82, 2.24) is 9.97 Å². The van der Waals surface area contributed by atoms with Gasteiger partial charge in [-0.2, -0.15) is 5.10 Å². The average Bonchev–Trinajstić information content (AvgIpc) is 2.89. The zero-order valence-corrected chi connectivity index (χ0v) is 13.1. The minimum absolute atomic E-state index is 0.585. The van der Waals surface area contributed by atoms with Gasteiger partial charge in [0.25, 0.3) is 0 Å². The molecule has 1 heterocycles. The molecule has 0 unspecified atom stereocenters. The van der Waals surface area contributed by atoms with Gasteiger partial charge in [-0.25, -0.2) is 9.99 Å². The van der Waals surface area contributed by atoms with Crippen molar-refractivity contribution in [1.29, 1.82) is 0 Å². The third kappa shape index (κ3) is 4.33. The molecule has 0 spiro atoms. The Morgan fingerprint density at radius 3 is 2.52 bits per heavy atom. The summed E-state index contributed by atoms with van der Waals surface area (Å²) in [4.78, 5) is 7.23. The topological polar surface area (TPSA) is 44.3 Å². The van der Waals surface area contributed by atoms with E-state index in [1.54, 1.807) is 23.3 Å². The Kier molecular flexibility index (Phi) is 6.43. The van der Waals surface area contributed by atoms with Crippen molar-refractivity contribution in [3.63, 3.8) is 0 Å². The summed E-state index contributed by atoms with van der Waals surface area (Å²) in [6.45, 7) is 14.7. The van der Waals surface area contributed by atoms with E-state index in [9.17, 15) is 0 Å². The Hall–Kier alpha value is -2.33. The molecule has 1 aromatic carbocycles. The standard InChI is InChI=1S/C13H13ClN4.C3H6/c1-9(12-8-16-10(2)17-12)18(15-3)13-7-5-4-6-11(13)14;1-3-2/h4-8H,1,3H2,2H3,(H,16,17);3H,1H2,2H3. The summed E-state index contributed by atoms with van der Waals surface area (Å²) in [5, 5.41) is 6.12. The molecule has 0 saturated heterocycles. The van der Waals surface area contributed by atoms with E-state index in [1.807, 2.05) is 32.0 Å². The fraction of sp³-hybridized carbons (Fsp3) is 0.125. The van der Waals surface area contributed by atoms with E-state index in [4.69, 9.17) is 11.6 Å². The molecule has 2 rings (SSSR count). The fourth-order valence-electron chi connectivity index (χ4n) is 1.61. The number of halogens is 1. The first-order valence-corrected chi connectivity index (χ1v) is 6.72. The van der Waals surface area contributed by atoms with Gasteiger partial charge in [-0.05, 0) is 26.0 Å². The van der Waals surface area contributed by atoms with Crippen molar-refractivity contribution >= 4 is 29.7 Å². The van der Waals surface area contributed by atoms with Gasteiger partial charge in [0.1, 0.15) is 5.82 Å². The molecule has 2 aromatic rings. The highest BCUT2D eigenvalue weighted by Gasteiger charge is 2.14. The molecule has 0 aliphatic heterocycles. The van der Waals surface area contributed by atoms with E-state index in [-0.39, 0.29) is 0 Å². The summed E-state index contributed by atoms with van der Waals surface area (Å²) in [6, 6.07) is 7.38. The largest absolute Gasteiger partial charge is 0.341 e. The van der Waals surface area contributed by atoms with Crippen molar-refractivity contribution in [2.45, 2.75) is 13.8 Å². The maximum absolute atomic E-state index is 6.14. The van der Waals surface area contributed by atoms with Crippen molar-refractivity contribution in [2.75, 3.05) is 5.01 Å². The van der Waals surface area contributed by atoms with Gasteiger partial charge >= 0.3 is 0 Å². The summed E-state index contributed by atoms with van der Waals surface area (Å²) in [7, 11) is 0. The van der Waals surface area contributed by atoms with Gasteiger partial charge in [0.15, 0.2) is 0 Å². The van der Waals surface area contributed by atoms with Gasteiger partial charge in [-0.3, -0.25) is 0 Å². The predicted molar refractivity (Wildman–Crippen MR) is 91.7 cm³/mol. The minimum atomic E-state index is 0.585. The van der Waals surface area contributed by atoms with Crippen molar-refractivity contribution in [2.24, 2.45) is 5.10 Å². The van der Waals surface area contributed by atoms with E-state index in [0.29, 0.717) is 10.7 Å². The first-order valence-electron chi connectivity index (χ1n) is 6.34. The van der Waals surface area contributed by atoms with Gasteiger partial charge in [-0.15, -0.1) is 6.58 Å². The molecule has 21 heavy (non-hydrogen) atoms. The highest BCUT2D eigenvalue weighted by atomic mass is 35.5. The van der Waals surface area contributed by atoms with E-state index in [1.165, 1.54) is 0 Å². The van der Waals surface area contributed by atoms with Crippen LogP contribution in [-0.4, -0.2) is 16.7 Å². The van der Waals surface area contributed by atoms with E-state index >= 15 is 0 Å². The summed E-state index contributed by atoms with van der Waals surface area (Å²) in [5.41, 5.74) is 2.14. The molecule has 0 bridgehead atoms. The number of hydrazone groups is 1. The molecule has 0 saturated carbocycles. The maximum atomic E-state index is 6.14. The summed E-state index contributed by atoms with van der Waals surface area (Å²) in [6.07, 6.45) is 3.45. The molecule has 0 radical (unpaired) electrons. The number of allylic oxidation sites excluding steroid dienone is 1. The molecular weight excluding hydrogens is 284 g/mol. The SMILES string of the molecule is C=CC.C=NN(C(=C)c1cnc(C)[nH]1)c1ccccc1Cl. The second-order valence-electron chi connectivity index (χ2n) is 4.14. The van der Waals surface area contributed by atoms with Crippen LogP contribution in [0.25, 0.3) is 5.70 Å². The normalized spacial score (nSPS) is 9.29. The van der Waals surface area contributed by atoms with Gasteiger partial charge in [0.2, 0.25) is 0 Å². The van der Waals surface area contributed by atoms with E-state index in [0.717, 1.165) is 17.2 Å². The number of benzene rings is 1. The predicted octanol–water partition coefficient (Wildman–Crippen LogP) is 4.66. The average molecular weight is 303 g/mol. The second-order valence-corrected chi connectivity index (χ2v) is 4.55. The van der Waals surface area contributed by atoms with Crippen LogP contribution >= 0.6 is 11.6 Å². The molecule has 0 fully saturated rings. The zero-order chi connectivity index (χ0) is 15.8. The maximum Gasteiger partial charge on any atom is 0.103 e. The summed E-state index contributed by atoms with van der Waals surface area (Å²) in [5.74, 6) is 0.814. The third-order valence-corrected chi connectivity index (χ3v) is 2.81. The minimum Gasteiger partial charge on any atom is -0.341 e. The summed E-state index contributed by atoms with van der Waals surface area (Å²) >= 11 is 6.14. The molecule has 0 aliphatic rings. The first-order chi connectivity index (χ1) is 10.0. The number of aromatic nitrogens is 2. The molecule has 1 N–H and O–H groups in total. The lowest BCUT2D eigenvalue weighted by Gasteiger charge is -2.20. The van der Waals surface area contributed by atoms with Crippen LogP contribution in [0, 0.1) is 6.92 Å². The lowest BCUT2D eigenvalue weighted by molar-refractivity contribution is 1.09. The Balaban J connectivity index is 0.000000677. The van der Waals surface area contributed by atoms with Crippen molar-refractivity contribution in [3.05, 3.63) is 66.2 Å². The number of nitrogens with one attached hydrogen (secondary N) is 1. The van der Waals surface area contributed by atoms with Crippen molar-refractivity contribution < 1.29 is 0 Å². The third-order valence-electron chi connectivity index (χ3n) is 2.49. The Bertz CT molecular complexity index is 631. The number of nitrogens with zero attached hydrogens (tertiary/aromatic N) is 3. The molecule has 5 heteroatoms. The number of anilines is 1. The van der Waals surface area contributed by atoms with Crippen LogP contribution in [0.2, 0.25) is 5.02 Å². The molecule has 0 aliphatic carbocycles. The molecular formula is C16H19ClN4. The first kappa shape index (κ1) is 16.7. The van der Waals surface area contributed by atoms with Gasteiger partial charge < -0.3 is 4.98 Å². The Morgan fingerprint density at radius 2 is 2.05 bits per heavy atom. The molecule has 0 atom stereocenters. The lowest BCUT2D eigenvalue weighted by atomic mass is 10.2. The number of aromatic amines is 1. The molecule has 0 amide bonds. The number of imidazole rings is 1. The Morgan fingerprint density at radius 1 is 1.43 bits per heavy atom. The van der Waals surface area contributed by atoms with Crippen molar-refractivity contribution in [3.8, 4) is 0 Å². The highest BCUT2D eigenvalue weighted by molar-refractivity contribution is 6.33. The van der Waals surface area contributed by atoms with Gasteiger partial charge in [0.05, 0.1) is 28.3 Å². The smallest absolute Gasteiger partial charge is 0.103 e. The van der Waals surface area contributed by atoms with Crippen LogP contribution in [0.15, 0.2) is 54.8 Å². The molecule has 4 nitrogen and oxygen atoms in total. The lowest BCUT2D eigenvalue weighted by Crippen LogP contribution is -2.13. The Labute approximate surface area is 130 Å². The van der Waals surface area contributed by atoms with Crippen LogP contribution in [0.4, 0.5) is 5.69 Å². The van der Waals surface area contributed by atoms with E-state index in [2.05, 4.69) is 34.9 Å². The number of hydrogen-bond acceptors (Lipinski definition) is 3. The van der Waals surface area contributed by atoms with Crippen LogP contribution < -0.4 is 5.01 Å². The number of rotatable bonds is 4. The number of H-pyrrole nitrogens is 1. The van der Waals surface area contributed by atoms with Crippen LogP contribution in [0.5, 0.6) is 0 Å². The van der Waals surface area contributed by atoms with Gasteiger partial charge in [0, 0.05) is 6.72 Å². The van der Waals surface area contributed by atoms with Crippen LogP contribution in [0.1, 0.15) is 18.4 Å². The van der Waals surface area contributed by atoms with Crippen LogP contribution in [-0.2, 0) is 0 Å². The molecule has 1 aromatic heterocycles. The second kappa shape index (κ2) is 8.07. The highest BCUT2D eigenvalue weighted by Crippen LogP contribution is 2.30. The summed E-state index contributed by atoms with van der Waals surface area (Å²) < 4.78 is 0. The number of aryl methyl sites for hydroxylation is 1. The van der Waals surface area contributed by atoms with Crippen LogP contribution in [0.3, 0.4) is 0 Å². The zero-order valence-electron chi connectivity index (χ0n) is 12.3. The monoisotopic (exact) mass is 302 g/mol. The number of hydrogen-bond donors (Lipinski definition) is 1. The van der Waals surface area contributed by atoms with Gasteiger partial charge in [-0.1, -0.05) is 36.4 Å². The number of para-hydroxylation sites is 1.